The van der Waals surface area contributed by atoms with Gasteiger partial charge in [0, 0.05) is 35.7 Å². The van der Waals surface area contributed by atoms with E-state index in [0.29, 0.717) is 25.6 Å². The molecule has 3 heterocycles. The van der Waals surface area contributed by atoms with Gasteiger partial charge < -0.3 is 14.5 Å². The molecule has 0 spiro atoms. The summed E-state index contributed by atoms with van der Waals surface area (Å²) >= 11 is 3.46. The zero-order valence-corrected chi connectivity index (χ0v) is 14.9. The van der Waals surface area contributed by atoms with Crippen molar-refractivity contribution in [3.05, 3.63) is 28.9 Å². The van der Waals surface area contributed by atoms with Crippen molar-refractivity contribution in [1.82, 2.24) is 14.9 Å². The Kier molecular flexibility index (Phi) is 4.37. The van der Waals surface area contributed by atoms with Gasteiger partial charge >= 0.3 is 0 Å². The summed E-state index contributed by atoms with van der Waals surface area (Å²) in [6, 6.07) is 5.94. The Balaban J connectivity index is 1.53. The molecule has 24 heavy (non-hydrogen) atoms. The van der Waals surface area contributed by atoms with Crippen LogP contribution >= 0.6 is 15.9 Å². The zero-order chi connectivity index (χ0) is 16.5. The van der Waals surface area contributed by atoms with E-state index in [4.69, 9.17) is 4.74 Å². The molecule has 7 heteroatoms. The molecule has 4 rings (SSSR count). The molecule has 1 amide bonds. The summed E-state index contributed by atoms with van der Waals surface area (Å²) in [7, 11) is 0. The highest BCUT2D eigenvalue weighted by atomic mass is 79.9. The van der Waals surface area contributed by atoms with Gasteiger partial charge in [0.05, 0.1) is 18.7 Å². The fourth-order valence-corrected chi connectivity index (χ4v) is 3.65. The van der Waals surface area contributed by atoms with Crippen LogP contribution in [0.5, 0.6) is 0 Å². The lowest BCUT2D eigenvalue weighted by Gasteiger charge is -2.34. The average molecular weight is 391 g/mol. The van der Waals surface area contributed by atoms with Gasteiger partial charge in [0.25, 0.3) is 5.91 Å². The molecule has 6 nitrogen and oxygen atoms in total. The Bertz CT molecular complexity index is 763. The van der Waals surface area contributed by atoms with E-state index in [9.17, 15) is 4.79 Å². The monoisotopic (exact) mass is 390 g/mol. The fourth-order valence-electron chi connectivity index (χ4n) is 3.27. The molecule has 0 N–H and O–H groups in total. The van der Waals surface area contributed by atoms with Gasteiger partial charge in [-0.3, -0.25) is 4.79 Å². The summed E-state index contributed by atoms with van der Waals surface area (Å²) in [5.41, 5.74) is 0.900. The standard InChI is InChI=1S/C17H19BrN4O2/c18-13-3-4-14-12(9-13)10-19-17(20-14)22-7-8-24-15(11-22)16(23)21-5-1-2-6-21/h3-4,9-10,15H,1-2,5-8,11H2. The number of likely N-dealkylation sites (tertiary alicyclic amines) is 1. The molecule has 1 unspecified atom stereocenters. The van der Waals surface area contributed by atoms with Gasteiger partial charge in [0.2, 0.25) is 5.95 Å². The van der Waals surface area contributed by atoms with Crippen LogP contribution in [0.2, 0.25) is 0 Å². The Morgan fingerprint density at radius 1 is 1.25 bits per heavy atom. The summed E-state index contributed by atoms with van der Waals surface area (Å²) in [5, 5.41) is 0.992. The number of anilines is 1. The molecule has 2 aromatic rings. The van der Waals surface area contributed by atoms with E-state index in [1.807, 2.05) is 34.2 Å². The molecular formula is C17H19BrN4O2. The number of benzene rings is 1. The summed E-state index contributed by atoms with van der Waals surface area (Å²) < 4.78 is 6.72. The smallest absolute Gasteiger partial charge is 0.253 e. The predicted molar refractivity (Wildman–Crippen MR) is 95.0 cm³/mol. The highest BCUT2D eigenvalue weighted by Crippen LogP contribution is 2.21. The van der Waals surface area contributed by atoms with Crippen molar-refractivity contribution in [2.24, 2.45) is 0 Å². The molecule has 1 atom stereocenters. The zero-order valence-electron chi connectivity index (χ0n) is 13.3. The number of aromatic nitrogens is 2. The molecule has 126 valence electrons. The topological polar surface area (TPSA) is 58.6 Å². The van der Waals surface area contributed by atoms with Crippen molar-refractivity contribution in [2.75, 3.05) is 37.7 Å². The van der Waals surface area contributed by atoms with Gasteiger partial charge in [-0.15, -0.1) is 0 Å². The number of morpholine rings is 1. The molecule has 2 fully saturated rings. The Morgan fingerprint density at radius 3 is 2.92 bits per heavy atom. The molecule has 0 aliphatic carbocycles. The highest BCUT2D eigenvalue weighted by Gasteiger charge is 2.32. The van der Waals surface area contributed by atoms with Crippen LogP contribution in [0.3, 0.4) is 0 Å². The first-order chi connectivity index (χ1) is 11.7. The first-order valence-electron chi connectivity index (χ1n) is 8.28. The number of fused-ring (bicyclic) bond motifs is 1. The van der Waals surface area contributed by atoms with Gasteiger partial charge in [0.1, 0.15) is 0 Å². The van der Waals surface area contributed by atoms with Crippen LogP contribution in [-0.4, -0.2) is 59.7 Å². The van der Waals surface area contributed by atoms with E-state index in [0.717, 1.165) is 41.3 Å². The Hall–Kier alpha value is -1.73. The summed E-state index contributed by atoms with van der Waals surface area (Å²) in [5.74, 6) is 0.759. The average Bonchev–Trinajstić information content (AvgIpc) is 3.15. The largest absolute Gasteiger partial charge is 0.365 e. The lowest BCUT2D eigenvalue weighted by molar-refractivity contribution is -0.143. The molecule has 1 aromatic carbocycles. The number of nitrogens with zero attached hydrogens (tertiary/aromatic N) is 4. The van der Waals surface area contributed by atoms with Crippen LogP contribution in [0.15, 0.2) is 28.9 Å². The number of hydrogen-bond donors (Lipinski definition) is 0. The van der Waals surface area contributed by atoms with Crippen molar-refractivity contribution >= 4 is 38.7 Å². The quantitative estimate of drug-likeness (QED) is 0.786. The normalized spacial score (nSPS) is 21.5. The van der Waals surface area contributed by atoms with Gasteiger partial charge in [-0.2, -0.15) is 0 Å². The number of rotatable bonds is 2. The number of halogens is 1. The van der Waals surface area contributed by atoms with Gasteiger partial charge in [-0.1, -0.05) is 15.9 Å². The van der Waals surface area contributed by atoms with E-state index < -0.39 is 6.10 Å². The summed E-state index contributed by atoms with van der Waals surface area (Å²) in [4.78, 5) is 25.6. The third kappa shape index (κ3) is 3.10. The van der Waals surface area contributed by atoms with Crippen LogP contribution in [0.25, 0.3) is 10.9 Å². The molecule has 0 saturated carbocycles. The van der Waals surface area contributed by atoms with E-state index in [2.05, 4.69) is 25.9 Å². The number of carbonyl (C=O) groups excluding carboxylic acids is 1. The minimum Gasteiger partial charge on any atom is -0.365 e. The Morgan fingerprint density at radius 2 is 2.08 bits per heavy atom. The highest BCUT2D eigenvalue weighted by molar-refractivity contribution is 9.10. The van der Waals surface area contributed by atoms with Crippen LogP contribution in [0, 0.1) is 0 Å². The first kappa shape index (κ1) is 15.8. The lowest BCUT2D eigenvalue weighted by atomic mass is 10.2. The second kappa shape index (κ2) is 6.64. The first-order valence-corrected chi connectivity index (χ1v) is 9.08. The van der Waals surface area contributed by atoms with Crippen LogP contribution in [0.4, 0.5) is 5.95 Å². The molecular weight excluding hydrogens is 372 g/mol. The summed E-state index contributed by atoms with van der Waals surface area (Å²) in [6.45, 7) is 3.43. The molecule has 2 aliphatic heterocycles. The van der Waals surface area contributed by atoms with Gasteiger partial charge in [-0.25, -0.2) is 9.97 Å². The van der Waals surface area contributed by atoms with Crippen molar-refractivity contribution in [3.63, 3.8) is 0 Å². The molecule has 2 aliphatic rings. The molecule has 2 saturated heterocycles. The molecule has 0 bridgehead atoms. The maximum absolute atomic E-state index is 12.6. The number of carbonyl (C=O) groups is 1. The van der Waals surface area contributed by atoms with Crippen LogP contribution in [0.1, 0.15) is 12.8 Å². The van der Waals surface area contributed by atoms with Crippen molar-refractivity contribution in [2.45, 2.75) is 18.9 Å². The van der Waals surface area contributed by atoms with Crippen LogP contribution in [-0.2, 0) is 9.53 Å². The second-order valence-corrected chi connectivity index (χ2v) is 7.13. The summed E-state index contributed by atoms with van der Waals surface area (Å²) in [6.07, 6.45) is 3.59. The molecule has 1 aromatic heterocycles. The van der Waals surface area contributed by atoms with E-state index in [-0.39, 0.29) is 5.91 Å². The second-order valence-electron chi connectivity index (χ2n) is 6.21. The minimum absolute atomic E-state index is 0.0990. The third-order valence-corrected chi connectivity index (χ3v) is 5.06. The van der Waals surface area contributed by atoms with Crippen LogP contribution < -0.4 is 4.90 Å². The van der Waals surface area contributed by atoms with Crippen molar-refractivity contribution < 1.29 is 9.53 Å². The lowest BCUT2D eigenvalue weighted by Crippen LogP contribution is -2.51. The Labute approximate surface area is 148 Å². The van der Waals surface area contributed by atoms with Gasteiger partial charge in [0.15, 0.2) is 6.10 Å². The van der Waals surface area contributed by atoms with E-state index >= 15 is 0 Å². The fraction of sp³-hybridized carbons (Fsp3) is 0.471. The predicted octanol–water partition coefficient (Wildman–Crippen LogP) is 2.22. The number of ether oxygens (including phenoxy) is 1. The molecule has 0 radical (unpaired) electrons. The third-order valence-electron chi connectivity index (χ3n) is 4.57. The van der Waals surface area contributed by atoms with Crippen molar-refractivity contribution in [3.8, 4) is 0 Å². The van der Waals surface area contributed by atoms with Crippen molar-refractivity contribution in [1.29, 1.82) is 0 Å². The maximum Gasteiger partial charge on any atom is 0.253 e. The SMILES string of the molecule is O=C(C1CN(c2ncc3cc(Br)ccc3n2)CCO1)N1CCCC1. The minimum atomic E-state index is -0.416. The maximum atomic E-state index is 12.6. The van der Waals surface area contributed by atoms with E-state index in [1.54, 1.807) is 0 Å². The van der Waals surface area contributed by atoms with Gasteiger partial charge in [-0.05, 0) is 31.0 Å². The number of hydrogen-bond acceptors (Lipinski definition) is 5. The number of amides is 1. The van der Waals surface area contributed by atoms with E-state index in [1.165, 1.54) is 0 Å².